The van der Waals surface area contributed by atoms with Crippen molar-refractivity contribution in [1.29, 1.82) is 0 Å². The molecule has 0 aliphatic rings. The lowest BCUT2D eigenvalue weighted by atomic mass is 10.1. The van der Waals surface area contributed by atoms with Crippen LogP contribution in [-0.2, 0) is 11.0 Å². The van der Waals surface area contributed by atoms with E-state index in [9.17, 15) is 18.0 Å². The number of nitrogens with one attached hydrogen (secondary N) is 1. The third-order valence-electron chi connectivity index (χ3n) is 4.69. The first-order valence-corrected chi connectivity index (χ1v) is 9.45. The Bertz CT molecular complexity index is 1250. The molecule has 0 saturated carbocycles. The lowest BCUT2D eigenvalue weighted by molar-refractivity contribution is -0.137. The van der Waals surface area contributed by atoms with Crippen LogP contribution in [0.4, 0.5) is 18.9 Å². The van der Waals surface area contributed by atoms with E-state index in [2.05, 4.69) is 10.3 Å². The van der Waals surface area contributed by atoms with Gasteiger partial charge in [0, 0.05) is 18.0 Å². The van der Waals surface area contributed by atoms with Crippen LogP contribution in [0.3, 0.4) is 0 Å². The van der Waals surface area contributed by atoms with E-state index in [1.165, 1.54) is 12.1 Å². The second kappa shape index (κ2) is 8.14. The summed E-state index contributed by atoms with van der Waals surface area (Å²) in [4.78, 5) is 17.0. The van der Waals surface area contributed by atoms with Crippen molar-refractivity contribution in [3.63, 3.8) is 0 Å². The monoisotopic (exact) mass is 425 g/mol. The number of hydrogen-bond acceptors (Lipinski definition) is 3. The molecule has 0 aliphatic heterocycles. The third-order valence-corrected chi connectivity index (χ3v) is 4.69. The van der Waals surface area contributed by atoms with E-state index in [0.29, 0.717) is 11.4 Å². The number of carbonyl (C=O) groups is 1. The molecule has 1 amide bonds. The quantitative estimate of drug-likeness (QED) is 0.469. The van der Waals surface area contributed by atoms with Gasteiger partial charge in [0.15, 0.2) is 6.61 Å². The molecule has 0 radical (unpaired) electrons. The van der Waals surface area contributed by atoms with Crippen LogP contribution in [0.5, 0.6) is 5.75 Å². The Morgan fingerprint density at radius 3 is 2.68 bits per heavy atom. The van der Waals surface area contributed by atoms with Crippen LogP contribution in [-0.4, -0.2) is 21.9 Å². The number of imidazole rings is 1. The van der Waals surface area contributed by atoms with Crippen LogP contribution >= 0.6 is 0 Å². The summed E-state index contributed by atoms with van der Waals surface area (Å²) in [5.41, 5.74) is 2.93. The van der Waals surface area contributed by atoms with Gasteiger partial charge in [-0.1, -0.05) is 30.3 Å². The minimum Gasteiger partial charge on any atom is -0.484 e. The predicted molar refractivity (Wildman–Crippen MR) is 111 cm³/mol. The summed E-state index contributed by atoms with van der Waals surface area (Å²) in [6.07, 6.45) is -0.720. The Morgan fingerprint density at radius 2 is 1.90 bits per heavy atom. The summed E-state index contributed by atoms with van der Waals surface area (Å²) in [5, 5.41) is 2.75. The Morgan fingerprint density at radius 1 is 1.10 bits per heavy atom. The number of alkyl halides is 3. The highest BCUT2D eigenvalue weighted by atomic mass is 19.4. The number of para-hydroxylation sites is 1. The summed E-state index contributed by atoms with van der Waals surface area (Å²) in [6.45, 7) is 1.53. The minimum absolute atomic E-state index is 0.0333. The average Bonchev–Trinajstić information content (AvgIpc) is 3.18. The number of nitrogens with zero attached hydrogens (tertiary/aromatic N) is 2. The van der Waals surface area contributed by atoms with Crippen LogP contribution < -0.4 is 10.1 Å². The average molecular weight is 425 g/mol. The number of amides is 1. The third kappa shape index (κ3) is 4.53. The van der Waals surface area contributed by atoms with Gasteiger partial charge in [0.2, 0.25) is 0 Å². The highest BCUT2D eigenvalue weighted by Gasteiger charge is 2.30. The zero-order valence-electron chi connectivity index (χ0n) is 16.5. The molecule has 8 heteroatoms. The molecule has 0 bridgehead atoms. The predicted octanol–water partition coefficient (Wildman–Crippen LogP) is 5.35. The second-order valence-corrected chi connectivity index (χ2v) is 6.96. The SMILES string of the molecule is Cc1cccn2cc(-c3ccccc3NC(=O)COc3cccc(C(F)(F)F)c3)nc12. The Kier molecular flexibility index (Phi) is 5.37. The standard InChI is InChI=1S/C23H18F3N3O2/c1-15-6-5-11-29-13-20(28-22(15)29)18-9-2-3-10-19(18)27-21(30)14-31-17-8-4-7-16(12-17)23(24,25)26/h2-13H,14H2,1H3,(H,27,30). The van der Waals surface area contributed by atoms with E-state index in [-0.39, 0.29) is 5.75 Å². The summed E-state index contributed by atoms with van der Waals surface area (Å²) in [6, 6.07) is 15.5. The van der Waals surface area contributed by atoms with Gasteiger partial charge in [-0.05, 0) is 42.8 Å². The van der Waals surface area contributed by atoms with E-state index in [4.69, 9.17) is 4.74 Å². The maximum Gasteiger partial charge on any atom is 0.416 e. The van der Waals surface area contributed by atoms with Gasteiger partial charge >= 0.3 is 6.18 Å². The molecule has 0 saturated heterocycles. The molecular weight excluding hydrogens is 407 g/mol. The fourth-order valence-electron chi connectivity index (χ4n) is 3.20. The zero-order chi connectivity index (χ0) is 22.0. The molecule has 158 valence electrons. The first-order chi connectivity index (χ1) is 14.8. The van der Waals surface area contributed by atoms with Gasteiger partial charge < -0.3 is 14.5 Å². The number of carbonyl (C=O) groups excluding carboxylic acids is 1. The van der Waals surface area contributed by atoms with Gasteiger partial charge in [0.25, 0.3) is 5.91 Å². The first kappa shape index (κ1) is 20.5. The minimum atomic E-state index is -4.48. The highest BCUT2D eigenvalue weighted by molar-refractivity contribution is 5.96. The number of aromatic nitrogens is 2. The number of benzene rings is 2. The molecule has 2 heterocycles. The molecule has 2 aromatic heterocycles. The van der Waals surface area contributed by atoms with Crippen LogP contribution in [0, 0.1) is 6.92 Å². The molecular formula is C23H18F3N3O2. The largest absolute Gasteiger partial charge is 0.484 e. The van der Waals surface area contributed by atoms with Crippen molar-refractivity contribution in [3.8, 4) is 17.0 Å². The van der Waals surface area contributed by atoms with Gasteiger partial charge in [0.1, 0.15) is 11.4 Å². The smallest absolute Gasteiger partial charge is 0.416 e. The molecule has 0 aliphatic carbocycles. The van der Waals surface area contributed by atoms with Gasteiger partial charge in [0.05, 0.1) is 16.9 Å². The summed E-state index contributed by atoms with van der Waals surface area (Å²) in [5.74, 6) is -0.529. The van der Waals surface area contributed by atoms with Crippen molar-refractivity contribution in [1.82, 2.24) is 9.38 Å². The number of pyridine rings is 1. The van der Waals surface area contributed by atoms with E-state index in [0.717, 1.165) is 28.9 Å². The Labute approximate surface area is 176 Å². The molecule has 0 fully saturated rings. The van der Waals surface area contributed by atoms with Crippen molar-refractivity contribution in [2.75, 3.05) is 11.9 Å². The van der Waals surface area contributed by atoms with Crippen molar-refractivity contribution < 1.29 is 22.7 Å². The zero-order valence-corrected chi connectivity index (χ0v) is 16.5. The highest BCUT2D eigenvalue weighted by Crippen LogP contribution is 2.31. The molecule has 0 unspecified atom stereocenters. The first-order valence-electron chi connectivity index (χ1n) is 9.45. The molecule has 31 heavy (non-hydrogen) atoms. The topological polar surface area (TPSA) is 55.6 Å². The number of fused-ring (bicyclic) bond motifs is 1. The van der Waals surface area contributed by atoms with Crippen molar-refractivity contribution in [2.45, 2.75) is 13.1 Å². The van der Waals surface area contributed by atoms with Crippen LogP contribution in [0.1, 0.15) is 11.1 Å². The number of anilines is 1. The number of aryl methyl sites for hydroxylation is 1. The molecule has 2 aromatic carbocycles. The molecule has 4 aromatic rings. The molecule has 0 atom stereocenters. The fourth-order valence-corrected chi connectivity index (χ4v) is 3.20. The van der Waals surface area contributed by atoms with Gasteiger partial charge in [-0.15, -0.1) is 0 Å². The van der Waals surface area contributed by atoms with Gasteiger partial charge in [-0.2, -0.15) is 13.2 Å². The molecule has 5 nitrogen and oxygen atoms in total. The number of rotatable bonds is 5. The normalized spacial score (nSPS) is 11.5. The summed E-state index contributed by atoms with van der Waals surface area (Å²) >= 11 is 0. The molecule has 1 N–H and O–H groups in total. The Hall–Kier alpha value is -3.81. The number of ether oxygens (including phenoxy) is 1. The maximum atomic E-state index is 12.8. The van der Waals surface area contributed by atoms with Crippen molar-refractivity contribution in [2.24, 2.45) is 0 Å². The molecule has 0 spiro atoms. The van der Waals surface area contributed by atoms with Crippen LogP contribution in [0.25, 0.3) is 16.9 Å². The van der Waals surface area contributed by atoms with Crippen LogP contribution in [0.15, 0.2) is 73.1 Å². The number of hydrogen-bond donors (Lipinski definition) is 1. The van der Waals surface area contributed by atoms with E-state index < -0.39 is 24.3 Å². The lowest BCUT2D eigenvalue weighted by Crippen LogP contribution is -2.20. The maximum absolute atomic E-state index is 12.8. The van der Waals surface area contributed by atoms with Crippen LogP contribution in [0.2, 0.25) is 0 Å². The summed E-state index contributed by atoms with van der Waals surface area (Å²) < 4.78 is 45.6. The fraction of sp³-hybridized carbons (Fsp3) is 0.130. The number of halogens is 3. The van der Waals surface area contributed by atoms with Gasteiger partial charge in [-0.25, -0.2) is 4.98 Å². The van der Waals surface area contributed by atoms with E-state index in [1.54, 1.807) is 12.1 Å². The Balaban J connectivity index is 1.50. The van der Waals surface area contributed by atoms with Gasteiger partial charge in [-0.3, -0.25) is 4.79 Å². The van der Waals surface area contributed by atoms with Crippen molar-refractivity contribution in [3.05, 3.63) is 84.2 Å². The summed E-state index contributed by atoms with van der Waals surface area (Å²) in [7, 11) is 0. The van der Waals surface area contributed by atoms with Crippen molar-refractivity contribution >= 4 is 17.2 Å². The van der Waals surface area contributed by atoms with E-state index in [1.807, 2.05) is 48.0 Å². The lowest BCUT2D eigenvalue weighted by Gasteiger charge is -2.12. The second-order valence-electron chi connectivity index (χ2n) is 6.96. The molecule has 4 rings (SSSR count). The van der Waals surface area contributed by atoms with E-state index >= 15 is 0 Å².